The second-order valence-corrected chi connectivity index (χ2v) is 6.46. The average Bonchev–Trinajstić information content (AvgIpc) is 2.66. The highest BCUT2D eigenvalue weighted by Gasteiger charge is 2.34. The Morgan fingerprint density at radius 1 is 1.25 bits per heavy atom. The van der Waals surface area contributed by atoms with Gasteiger partial charge in [-0.25, -0.2) is 0 Å². The molecule has 0 aromatic rings. The van der Waals surface area contributed by atoms with Gasteiger partial charge in [-0.2, -0.15) is 0 Å². The highest BCUT2D eigenvalue weighted by molar-refractivity contribution is 4.87. The van der Waals surface area contributed by atoms with Gasteiger partial charge in [-0.1, -0.05) is 13.8 Å². The van der Waals surface area contributed by atoms with Crippen molar-refractivity contribution in [3.8, 4) is 0 Å². The zero-order valence-electron chi connectivity index (χ0n) is 11.0. The van der Waals surface area contributed by atoms with Gasteiger partial charge in [0.05, 0.1) is 12.7 Å². The van der Waals surface area contributed by atoms with E-state index in [2.05, 4.69) is 19.2 Å². The van der Waals surface area contributed by atoms with Crippen molar-refractivity contribution in [2.75, 3.05) is 13.2 Å². The molecule has 0 aromatic carbocycles. The molecule has 94 valence electrons. The third-order valence-corrected chi connectivity index (χ3v) is 3.67. The van der Waals surface area contributed by atoms with Crippen LogP contribution in [0.5, 0.6) is 0 Å². The van der Waals surface area contributed by atoms with Crippen molar-refractivity contribution in [2.24, 2.45) is 5.41 Å². The predicted octanol–water partition coefficient (Wildman–Crippen LogP) is 2.31. The zero-order chi connectivity index (χ0) is 11.8. The van der Waals surface area contributed by atoms with E-state index in [1.807, 2.05) is 13.8 Å². The standard InChI is InChI=1S/C13H25NO2/c1-12(2)6-5-10(7-12)14-8-11-9-15-13(3,4)16-11/h10-11,14H,5-9H2,1-4H3. The second-order valence-electron chi connectivity index (χ2n) is 6.46. The van der Waals surface area contributed by atoms with Crippen LogP contribution >= 0.6 is 0 Å². The molecule has 0 spiro atoms. The highest BCUT2D eigenvalue weighted by Crippen LogP contribution is 2.37. The van der Waals surface area contributed by atoms with Crippen LogP contribution in [0.25, 0.3) is 0 Å². The van der Waals surface area contributed by atoms with Crippen molar-refractivity contribution in [3.05, 3.63) is 0 Å². The molecule has 16 heavy (non-hydrogen) atoms. The Bertz CT molecular complexity index is 224. The first-order chi connectivity index (χ1) is 7.36. The van der Waals surface area contributed by atoms with Crippen LogP contribution in [0.2, 0.25) is 0 Å². The van der Waals surface area contributed by atoms with Gasteiger partial charge < -0.3 is 14.8 Å². The fraction of sp³-hybridized carbons (Fsp3) is 1.00. The Morgan fingerprint density at radius 3 is 2.50 bits per heavy atom. The fourth-order valence-electron chi connectivity index (χ4n) is 2.77. The third-order valence-electron chi connectivity index (χ3n) is 3.67. The van der Waals surface area contributed by atoms with Crippen molar-refractivity contribution < 1.29 is 9.47 Å². The van der Waals surface area contributed by atoms with Crippen LogP contribution in [0, 0.1) is 5.41 Å². The van der Waals surface area contributed by atoms with Crippen LogP contribution in [0.3, 0.4) is 0 Å². The van der Waals surface area contributed by atoms with E-state index in [9.17, 15) is 0 Å². The van der Waals surface area contributed by atoms with E-state index in [-0.39, 0.29) is 11.9 Å². The molecule has 1 saturated heterocycles. The lowest BCUT2D eigenvalue weighted by molar-refractivity contribution is -0.137. The predicted molar refractivity (Wildman–Crippen MR) is 64.3 cm³/mol. The Balaban J connectivity index is 1.69. The van der Waals surface area contributed by atoms with Gasteiger partial charge in [0.15, 0.2) is 5.79 Å². The smallest absolute Gasteiger partial charge is 0.163 e. The van der Waals surface area contributed by atoms with E-state index >= 15 is 0 Å². The van der Waals surface area contributed by atoms with Crippen molar-refractivity contribution in [1.82, 2.24) is 5.32 Å². The van der Waals surface area contributed by atoms with Gasteiger partial charge in [0.2, 0.25) is 0 Å². The first-order valence-electron chi connectivity index (χ1n) is 6.41. The molecular weight excluding hydrogens is 202 g/mol. The summed E-state index contributed by atoms with van der Waals surface area (Å²) < 4.78 is 11.3. The summed E-state index contributed by atoms with van der Waals surface area (Å²) in [6, 6.07) is 0.669. The number of hydrogen-bond acceptors (Lipinski definition) is 3. The minimum Gasteiger partial charge on any atom is -0.348 e. The number of hydrogen-bond donors (Lipinski definition) is 1. The van der Waals surface area contributed by atoms with E-state index in [0.29, 0.717) is 11.5 Å². The van der Waals surface area contributed by atoms with Crippen LogP contribution in [0.15, 0.2) is 0 Å². The fourth-order valence-corrected chi connectivity index (χ4v) is 2.77. The zero-order valence-corrected chi connectivity index (χ0v) is 11.0. The summed E-state index contributed by atoms with van der Waals surface area (Å²) >= 11 is 0. The van der Waals surface area contributed by atoms with E-state index < -0.39 is 0 Å². The minimum absolute atomic E-state index is 0.221. The van der Waals surface area contributed by atoms with Crippen LogP contribution in [-0.4, -0.2) is 31.1 Å². The number of rotatable bonds is 3. The topological polar surface area (TPSA) is 30.5 Å². The molecule has 2 fully saturated rings. The molecule has 2 unspecified atom stereocenters. The van der Waals surface area contributed by atoms with Crippen LogP contribution in [0.4, 0.5) is 0 Å². The van der Waals surface area contributed by atoms with Crippen molar-refractivity contribution in [3.63, 3.8) is 0 Å². The number of nitrogens with one attached hydrogen (secondary N) is 1. The van der Waals surface area contributed by atoms with Crippen molar-refractivity contribution in [2.45, 2.75) is 64.9 Å². The second kappa shape index (κ2) is 4.28. The normalized spacial score (nSPS) is 36.8. The van der Waals surface area contributed by atoms with Crippen molar-refractivity contribution in [1.29, 1.82) is 0 Å². The molecule has 2 aliphatic rings. The average molecular weight is 227 g/mol. The molecule has 1 N–H and O–H groups in total. The Kier molecular flexibility index (Phi) is 3.30. The van der Waals surface area contributed by atoms with Crippen LogP contribution in [0.1, 0.15) is 47.0 Å². The molecular formula is C13H25NO2. The van der Waals surface area contributed by atoms with E-state index in [1.165, 1.54) is 19.3 Å². The lowest BCUT2D eigenvalue weighted by atomic mass is 9.92. The summed E-state index contributed by atoms with van der Waals surface area (Å²) in [4.78, 5) is 0. The molecule has 3 heteroatoms. The minimum atomic E-state index is -0.388. The Morgan fingerprint density at radius 2 is 2.00 bits per heavy atom. The molecule has 0 bridgehead atoms. The quantitative estimate of drug-likeness (QED) is 0.802. The van der Waals surface area contributed by atoms with Gasteiger partial charge in [-0.05, 0) is 38.5 Å². The van der Waals surface area contributed by atoms with E-state index in [4.69, 9.17) is 9.47 Å². The molecule has 1 saturated carbocycles. The van der Waals surface area contributed by atoms with E-state index in [0.717, 1.165) is 13.2 Å². The molecule has 3 nitrogen and oxygen atoms in total. The van der Waals surface area contributed by atoms with Gasteiger partial charge in [-0.15, -0.1) is 0 Å². The van der Waals surface area contributed by atoms with Gasteiger partial charge in [0.25, 0.3) is 0 Å². The van der Waals surface area contributed by atoms with Crippen LogP contribution in [-0.2, 0) is 9.47 Å². The molecule has 0 radical (unpaired) electrons. The summed E-state index contributed by atoms with van der Waals surface area (Å²) in [5.74, 6) is -0.388. The lowest BCUT2D eigenvalue weighted by Gasteiger charge is -2.20. The third kappa shape index (κ3) is 3.19. The summed E-state index contributed by atoms with van der Waals surface area (Å²) in [7, 11) is 0. The maximum atomic E-state index is 5.78. The Hall–Kier alpha value is -0.120. The largest absolute Gasteiger partial charge is 0.348 e. The highest BCUT2D eigenvalue weighted by atomic mass is 16.7. The maximum absolute atomic E-state index is 5.78. The molecule has 1 aliphatic carbocycles. The monoisotopic (exact) mass is 227 g/mol. The van der Waals surface area contributed by atoms with Gasteiger partial charge in [0, 0.05) is 12.6 Å². The molecule has 2 atom stereocenters. The summed E-state index contributed by atoms with van der Waals surface area (Å²) in [5.41, 5.74) is 0.518. The molecule has 1 heterocycles. The molecule has 0 aromatic heterocycles. The van der Waals surface area contributed by atoms with Crippen LogP contribution < -0.4 is 5.32 Å². The molecule has 1 aliphatic heterocycles. The Labute approximate surface area is 98.9 Å². The SMILES string of the molecule is CC1(C)CCC(NCC2COC(C)(C)O2)C1. The number of ether oxygens (including phenoxy) is 2. The van der Waals surface area contributed by atoms with Gasteiger partial charge in [0.1, 0.15) is 0 Å². The van der Waals surface area contributed by atoms with Gasteiger partial charge in [-0.3, -0.25) is 0 Å². The lowest BCUT2D eigenvalue weighted by Crippen LogP contribution is -2.36. The first-order valence-corrected chi connectivity index (χ1v) is 6.41. The summed E-state index contributed by atoms with van der Waals surface area (Å²) in [5, 5.41) is 3.61. The van der Waals surface area contributed by atoms with Gasteiger partial charge >= 0.3 is 0 Å². The maximum Gasteiger partial charge on any atom is 0.163 e. The molecule has 2 rings (SSSR count). The van der Waals surface area contributed by atoms with Crippen molar-refractivity contribution >= 4 is 0 Å². The molecule has 0 amide bonds. The summed E-state index contributed by atoms with van der Waals surface area (Å²) in [6.07, 6.45) is 4.13. The first kappa shape index (κ1) is 12.3. The van der Waals surface area contributed by atoms with E-state index in [1.54, 1.807) is 0 Å². The summed E-state index contributed by atoms with van der Waals surface area (Å²) in [6.45, 7) is 10.3.